The number of hydrazine groups is 1. The molecule has 0 fully saturated rings. The van der Waals surface area contributed by atoms with Crippen molar-refractivity contribution in [1.82, 2.24) is 15.2 Å². The number of amides is 1. The van der Waals surface area contributed by atoms with Crippen LogP contribution in [0.3, 0.4) is 0 Å². The average molecular weight is 275 g/mol. The van der Waals surface area contributed by atoms with Crippen LogP contribution in [0.1, 0.15) is 30.8 Å². The number of carbonyl (C=O) groups excluding carboxylic acids is 1. The molecule has 0 aliphatic rings. The Bertz CT molecular complexity index is 374. The van der Waals surface area contributed by atoms with Gasteiger partial charge < -0.3 is 0 Å². The monoisotopic (exact) mass is 274 g/mol. The van der Waals surface area contributed by atoms with Crippen LogP contribution >= 0.6 is 15.9 Å². The molecule has 0 spiro atoms. The molecule has 1 heterocycles. The van der Waals surface area contributed by atoms with E-state index in [-0.39, 0.29) is 11.9 Å². The zero-order chi connectivity index (χ0) is 11.6. The van der Waals surface area contributed by atoms with Crippen LogP contribution in [0.15, 0.2) is 4.47 Å². The second-order valence-corrected chi connectivity index (χ2v) is 4.34. The Morgan fingerprint density at radius 3 is 2.67 bits per heavy atom. The van der Waals surface area contributed by atoms with Crippen molar-refractivity contribution >= 4 is 21.8 Å². The van der Waals surface area contributed by atoms with Gasteiger partial charge in [0, 0.05) is 0 Å². The van der Waals surface area contributed by atoms with Gasteiger partial charge in [-0.1, -0.05) is 0 Å². The number of halogens is 1. The molecule has 84 valence electrons. The number of nitrogens with two attached hydrogens (primary N) is 1. The minimum atomic E-state index is -0.189. The molecule has 0 aliphatic heterocycles. The molecule has 6 heteroatoms. The van der Waals surface area contributed by atoms with Crippen molar-refractivity contribution in [1.29, 1.82) is 0 Å². The van der Waals surface area contributed by atoms with Gasteiger partial charge in [-0.15, -0.1) is 0 Å². The molecule has 5 nitrogen and oxygen atoms in total. The van der Waals surface area contributed by atoms with Gasteiger partial charge in [0.05, 0.1) is 28.3 Å². The minimum absolute atomic E-state index is 0.00134. The first-order valence-electron chi connectivity index (χ1n) is 4.68. The summed E-state index contributed by atoms with van der Waals surface area (Å²) in [6.45, 7) is 5.81. The maximum absolute atomic E-state index is 11.1. The molecule has 0 aliphatic carbocycles. The maximum Gasteiger partial charge on any atom is 0.236 e. The fraction of sp³-hybridized carbons (Fsp3) is 0.556. The zero-order valence-corrected chi connectivity index (χ0v) is 10.6. The van der Waals surface area contributed by atoms with Gasteiger partial charge >= 0.3 is 0 Å². The standard InChI is InChI=1S/C9H15BrN4O/c1-5(4-8(15)12-11)14-7(3)9(10)6(2)13-14/h5H,4,11H2,1-3H3,(H,12,15)/t5-/m0/s1. The van der Waals surface area contributed by atoms with E-state index in [0.29, 0.717) is 6.42 Å². The van der Waals surface area contributed by atoms with Gasteiger partial charge in [-0.05, 0) is 36.7 Å². The third-order valence-corrected chi connectivity index (χ3v) is 3.44. The predicted molar refractivity (Wildman–Crippen MR) is 61.1 cm³/mol. The summed E-state index contributed by atoms with van der Waals surface area (Å²) in [6.07, 6.45) is 0.324. The quantitative estimate of drug-likeness (QED) is 0.494. The van der Waals surface area contributed by atoms with Crippen molar-refractivity contribution in [2.24, 2.45) is 5.84 Å². The van der Waals surface area contributed by atoms with E-state index in [9.17, 15) is 4.79 Å². The highest BCUT2D eigenvalue weighted by Gasteiger charge is 2.16. The second-order valence-electron chi connectivity index (χ2n) is 3.55. The number of rotatable bonds is 3. The first kappa shape index (κ1) is 12.2. The van der Waals surface area contributed by atoms with Crippen molar-refractivity contribution < 1.29 is 4.79 Å². The summed E-state index contributed by atoms with van der Waals surface area (Å²) < 4.78 is 2.82. The molecule has 0 aromatic carbocycles. The maximum atomic E-state index is 11.1. The lowest BCUT2D eigenvalue weighted by molar-refractivity contribution is -0.121. The molecule has 0 unspecified atom stereocenters. The van der Waals surface area contributed by atoms with Gasteiger partial charge in [0.25, 0.3) is 0 Å². The van der Waals surface area contributed by atoms with E-state index in [4.69, 9.17) is 5.84 Å². The summed E-state index contributed by atoms with van der Waals surface area (Å²) in [7, 11) is 0. The van der Waals surface area contributed by atoms with Crippen LogP contribution in [0.4, 0.5) is 0 Å². The van der Waals surface area contributed by atoms with Gasteiger partial charge in [0.15, 0.2) is 0 Å². The highest BCUT2D eigenvalue weighted by atomic mass is 79.9. The first-order chi connectivity index (χ1) is 6.97. The van der Waals surface area contributed by atoms with Crippen molar-refractivity contribution in [3.05, 3.63) is 15.9 Å². The molecule has 0 bridgehead atoms. The van der Waals surface area contributed by atoms with E-state index < -0.39 is 0 Å². The topological polar surface area (TPSA) is 72.9 Å². The number of nitrogens with zero attached hydrogens (tertiary/aromatic N) is 2. The van der Waals surface area contributed by atoms with E-state index in [2.05, 4.69) is 26.5 Å². The summed E-state index contributed by atoms with van der Waals surface area (Å²) in [5.41, 5.74) is 4.06. The zero-order valence-electron chi connectivity index (χ0n) is 9.04. The summed E-state index contributed by atoms with van der Waals surface area (Å²) in [5.74, 6) is 4.84. The van der Waals surface area contributed by atoms with E-state index in [1.165, 1.54) is 0 Å². The molecule has 1 atom stereocenters. The van der Waals surface area contributed by atoms with E-state index in [1.807, 2.05) is 25.5 Å². The number of aromatic nitrogens is 2. The number of hydrogen-bond donors (Lipinski definition) is 2. The van der Waals surface area contributed by atoms with Crippen LogP contribution in [0, 0.1) is 13.8 Å². The lowest BCUT2D eigenvalue weighted by atomic mass is 10.2. The lowest BCUT2D eigenvalue weighted by Gasteiger charge is -2.13. The van der Waals surface area contributed by atoms with Gasteiger partial charge in [-0.25, -0.2) is 5.84 Å². The van der Waals surface area contributed by atoms with Crippen LogP contribution in [-0.4, -0.2) is 15.7 Å². The number of aryl methyl sites for hydroxylation is 1. The fourth-order valence-electron chi connectivity index (χ4n) is 1.49. The largest absolute Gasteiger partial charge is 0.294 e. The van der Waals surface area contributed by atoms with Crippen LogP contribution in [-0.2, 0) is 4.79 Å². The molecule has 1 amide bonds. The van der Waals surface area contributed by atoms with Crippen molar-refractivity contribution in [2.45, 2.75) is 33.2 Å². The fourth-order valence-corrected chi connectivity index (χ4v) is 1.75. The molecule has 0 radical (unpaired) electrons. The molecule has 15 heavy (non-hydrogen) atoms. The van der Waals surface area contributed by atoms with Gasteiger partial charge in [0.1, 0.15) is 0 Å². The highest BCUT2D eigenvalue weighted by Crippen LogP contribution is 2.23. The molecule has 0 saturated carbocycles. The van der Waals surface area contributed by atoms with E-state index in [0.717, 1.165) is 15.9 Å². The Labute approximate surface area is 97.1 Å². The SMILES string of the molecule is Cc1nn([C@@H](C)CC(=O)NN)c(C)c1Br. The van der Waals surface area contributed by atoms with E-state index >= 15 is 0 Å². The third-order valence-electron chi connectivity index (χ3n) is 2.30. The summed E-state index contributed by atoms with van der Waals surface area (Å²) in [6, 6.07) is -0.00134. The van der Waals surface area contributed by atoms with Crippen molar-refractivity contribution in [2.75, 3.05) is 0 Å². The normalized spacial score (nSPS) is 12.6. The summed E-state index contributed by atoms with van der Waals surface area (Å²) in [5, 5.41) is 4.35. The Kier molecular flexibility index (Phi) is 3.87. The highest BCUT2D eigenvalue weighted by molar-refractivity contribution is 9.10. The van der Waals surface area contributed by atoms with Crippen molar-refractivity contribution in [3.63, 3.8) is 0 Å². The van der Waals surface area contributed by atoms with E-state index in [1.54, 1.807) is 0 Å². The summed E-state index contributed by atoms with van der Waals surface area (Å²) in [4.78, 5) is 11.1. The van der Waals surface area contributed by atoms with Crippen LogP contribution < -0.4 is 11.3 Å². The molecule has 3 N–H and O–H groups in total. The molecule has 0 saturated heterocycles. The number of nitrogens with one attached hydrogen (secondary N) is 1. The second kappa shape index (κ2) is 4.76. The Balaban J connectivity index is 2.87. The van der Waals surface area contributed by atoms with Crippen molar-refractivity contribution in [3.8, 4) is 0 Å². The van der Waals surface area contributed by atoms with Crippen LogP contribution in [0.5, 0.6) is 0 Å². The Morgan fingerprint density at radius 2 is 2.27 bits per heavy atom. The van der Waals surface area contributed by atoms with Crippen LogP contribution in [0.2, 0.25) is 0 Å². The molecule has 1 aromatic heterocycles. The Morgan fingerprint density at radius 1 is 1.67 bits per heavy atom. The average Bonchev–Trinajstić information content (AvgIpc) is 2.45. The summed E-state index contributed by atoms with van der Waals surface area (Å²) >= 11 is 3.44. The molecular formula is C9H15BrN4O. The van der Waals surface area contributed by atoms with Crippen LogP contribution in [0.25, 0.3) is 0 Å². The van der Waals surface area contributed by atoms with Gasteiger partial charge in [-0.2, -0.15) is 5.10 Å². The number of carbonyl (C=O) groups is 1. The predicted octanol–water partition coefficient (Wildman–Crippen LogP) is 1.20. The smallest absolute Gasteiger partial charge is 0.236 e. The van der Waals surface area contributed by atoms with Gasteiger partial charge in [-0.3, -0.25) is 14.9 Å². The Hall–Kier alpha value is -0.880. The lowest BCUT2D eigenvalue weighted by Crippen LogP contribution is -2.31. The first-order valence-corrected chi connectivity index (χ1v) is 5.47. The molecular weight excluding hydrogens is 260 g/mol. The molecule has 1 aromatic rings. The molecule has 1 rings (SSSR count). The minimum Gasteiger partial charge on any atom is -0.294 e. The number of hydrogen-bond acceptors (Lipinski definition) is 3. The third kappa shape index (κ3) is 2.57. The van der Waals surface area contributed by atoms with Gasteiger partial charge in [0.2, 0.25) is 5.91 Å².